The van der Waals surface area contributed by atoms with E-state index in [1.54, 1.807) is 6.07 Å². The molecule has 0 amide bonds. The zero-order valence-electron chi connectivity index (χ0n) is 9.67. The molecule has 0 saturated heterocycles. The number of benzene rings is 2. The van der Waals surface area contributed by atoms with Gasteiger partial charge in [-0.25, -0.2) is 9.36 Å². The maximum absolute atomic E-state index is 12.1. The normalized spacial score (nSPS) is 10.8. The Kier molecular flexibility index (Phi) is 3.08. The van der Waals surface area contributed by atoms with Gasteiger partial charge in [-0.1, -0.05) is 46.3 Å². The number of para-hydroxylation sites is 1. The summed E-state index contributed by atoms with van der Waals surface area (Å²) in [5, 5.41) is 0.729. The summed E-state index contributed by atoms with van der Waals surface area (Å²) in [5.74, 6) is -0.481. The van der Waals surface area contributed by atoms with Crippen molar-refractivity contribution in [2.75, 3.05) is 0 Å². The van der Waals surface area contributed by atoms with Gasteiger partial charge in [-0.05, 0) is 30.3 Å². The predicted octanol–water partition coefficient (Wildman–Crippen LogP) is 4.08. The number of rotatable bonds is 1. The summed E-state index contributed by atoms with van der Waals surface area (Å²) in [4.78, 5) is 12.1. The summed E-state index contributed by atoms with van der Waals surface area (Å²) < 4.78 is 8.03. The van der Waals surface area contributed by atoms with Crippen molar-refractivity contribution in [2.24, 2.45) is 0 Å². The van der Waals surface area contributed by atoms with Crippen LogP contribution in [0.3, 0.4) is 0 Å². The number of hydrogen-bond donors (Lipinski definition) is 0. The van der Waals surface area contributed by atoms with E-state index in [0.717, 1.165) is 9.86 Å². The summed E-state index contributed by atoms with van der Waals surface area (Å²) in [7, 11) is 0. The molecule has 0 fully saturated rings. The number of hydrogen-bond acceptors (Lipinski definition) is 3. The topological polar surface area (TPSA) is 35.1 Å². The lowest BCUT2D eigenvalue weighted by Gasteiger charge is -2.06. The Labute approximate surface area is 122 Å². The molecule has 0 aliphatic heterocycles. The first-order valence-corrected chi connectivity index (χ1v) is 6.78. The molecule has 0 unspecified atom stereocenters. The van der Waals surface area contributed by atoms with Gasteiger partial charge in [0.05, 0.1) is 11.1 Å². The van der Waals surface area contributed by atoms with Crippen molar-refractivity contribution in [3.63, 3.8) is 0 Å². The maximum atomic E-state index is 12.1. The van der Waals surface area contributed by atoms with Crippen LogP contribution >= 0.6 is 28.1 Å². The fraction of sp³-hybridized carbons (Fsp3) is 0. The number of halogens is 1. The largest absolute Gasteiger partial charge is 0.425 e. The molecule has 19 heavy (non-hydrogen) atoms. The summed E-state index contributed by atoms with van der Waals surface area (Å²) in [6.07, 6.45) is 0. The molecule has 0 saturated carbocycles. The quantitative estimate of drug-likeness (QED) is 0.629. The van der Waals surface area contributed by atoms with Crippen molar-refractivity contribution in [3.05, 3.63) is 68.2 Å². The van der Waals surface area contributed by atoms with Crippen LogP contribution in [-0.4, -0.2) is 4.57 Å². The van der Waals surface area contributed by atoms with Gasteiger partial charge in [-0.3, -0.25) is 0 Å². The Balaban J connectivity index is 2.44. The van der Waals surface area contributed by atoms with Gasteiger partial charge >= 0.3 is 5.76 Å². The Bertz CT molecular complexity index is 868. The second-order valence-corrected chi connectivity index (χ2v) is 5.29. The zero-order valence-corrected chi connectivity index (χ0v) is 12.1. The van der Waals surface area contributed by atoms with Crippen LogP contribution in [0, 0.1) is 4.64 Å². The van der Waals surface area contributed by atoms with E-state index in [1.807, 2.05) is 42.5 Å². The van der Waals surface area contributed by atoms with E-state index in [-0.39, 0.29) is 0 Å². The molecule has 1 aromatic heterocycles. The zero-order chi connectivity index (χ0) is 13.4. The third-order valence-corrected chi connectivity index (χ3v) is 3.67. The molecular weight excluding hydrogens is 326 g/mol. The molecule has 0 aliphatic rings. The highest BCUT2D eigenvalue weighted by molar-refractivity contribution is 9.10. The first-order valence-electron chi connectivity index (χ1n) is 5.58. The van der Waals surface area contributed by atoms with Crippen molar-refractivity contribution in [2.45, 2.75) is 0 Å². The minimum absolute atomic E-state index is 0.443. The van der Waals surface area contributed by atoms with Crippen LogP contribution in [0.15, 0.2) is 62.2 Å². The molecule has 0 spiro atoms. The van der Waals surface area contributed by atoms with Crippen LogP contribution in [-0.2, 0) is 0 Å². The van der Waals surface area contributed by atoms with Gasteiger partial charge in [0, 0.05) is 4.47 Å². The Morgan fingerprint density at radius 1 is 1.11 bits per heavy atom. The summed E-state index contributed by atoms with van der Waals surface area (Å²) >= 11 is 8.80. The molecule has 94 valence electrons. The van der Waals surface area contributed by atoms with Gasteiger partial charge < -0.3 is 4.42 Å². The Morgan fingerprint density at radius 2 is 1.84 bits per heavy atom. The van der Waals surface area contributed by atoms with Gasteiger partial charge in [0.2, 0.25) is 0 Å². The van der Waals surface area contributed by atoms with E-state index in [2.05, 4.69) is 15.9 Å². The van der Waals surface area contributed by atoms with E-state index >= 15 is 0 Å². The van der Waals surface area contributed by atoms with Gasteiger partial charge in [0.25, 0.3) is 0 Å². The van der Waals surface area contributed by atoms with E-state index in [9.17, 15) is 4.79 Å². The molecule has 1 heterocycles. The molecule has 0 atom stereocenters. The fourth-order valence-electron chi connectivity index (χ4n) is 1.90. The SMILES string of the molecule is O=c1oc2ccc(Br)cc2c(=S)n1-c1ccccc1. The van der Waals surface area contributed by atoms with Crippen molar-refractivity contribution in [1.29, 1.82) is 0 Å². The van der Waals surface area contributed by atoms with Crippen LogP contribution in [0.25, 0.3) is 16.7 Å². The predicted molar refractivity (Wildman–Crippen MR) is 80.3 cm³/mol. The van der Waals surface area contributed by atoms with E-state index in [1.165, 1.54) is 4.57 Å². The molecule has 0 aliphatic carbocycles. The third kappa shape index (κ3) is 2.15. The molecule has 3 rings (SSSR count). The summed E-state index contributed by atoms with van der Waals surface area (Å²) in [5.41, 5.74) is 1.19. The highest BCUT2D eigenvalue weighted by atomic mass is 79.9. The van der Waals surface area contributed by atoms with Crippen molar-refractivity contribution in [1.82, 2.24) is 4.57 Å². The van der Waals surface area contributed by atoms with Gasteiger partial charge in [0.15, 0.2) is 0 Å². The molecule has 0 bridgehead atoms. The molecular formula is C14H8BrNO2S. The molecule has 3 aromatic rings. The van der Waals surface area contributed by atoms with Gasteiger partial charge in [-0.2, -0.15) is 0 Å². The highest BCUT2D eigenvalue weighted by Crippen LogP contribution is 2.20. The van der Waals surface area contributed by atoms with Crippen LogP contribution in [0.5, 0.6) is 0 Å². The third-order valence-electron chi connectivity index (χ3n) is 2.77. The van der Waals surface area contributed by atoms with Crippen LogP contribution in [0.4, 0.5) is 0 Å². The second kappa shape index (κ2) is 4.75. The standard InChI is InChI=1S/C14H8BrNO2S/c15-9-6-7-12-11(8-9)13(19)16(14(17)18-12)10-4-2-1-3-5-10/h1-8H. The summed E-state index contributed by atoms with van der Waals surface area (Å²) in [6.45, 7) is 0. The van der Waals surface area contributed by atoms with Gasteiger partial charge in [-0.15, -0.1) is 0 Å². The number of aromatic nitrogens is 1. The smallest absolute Gasteiger partial charge is 0.409 e. The minimum atomic E-state index is -0.481. The molecule has 3 nitrogen and oxygen atoms in total. The molecule has 0 radical (unpaired) electrons. The lowest BCUT2D eigenvalue weighted by molar-refractivity contribution is 0.507. The average molecular weight is 334 g/mol. The molecule has 5 heteroatoms. The van der Waals surface area contributed by atoms with Crippen molar-refractivity contribution >= 4 is 39.1 Å². The van der Waals surface area contributed by atoms with Crippen LogP contribution in [0.2, 0.25) is 0 Å². The minimum Gasteiger partial charge on any atom is -0.409 e. The summed E-state index contributed by atoms with van der Waals surface area (Å²) in [6, 6.07) is 14.6. The number of fused-ring (bicyclic) bond motifs is 1. The van der Waals surface area contributed by atoms with Crippen molar-refractivity contribution < 1.29 is 4.42 Å². The van der Waals surface area contributed by atoms with E-state index in [4.69, 9.17) is 16.6 Å². The molecule has 2 aromatic carbocycles. The monoisotopic (exact) mass is 333 g/mol. The van der Waals surface area contributed by atoms with Crippen molar-refractivity contribution in [3.8, 4) is 5.69 Å². The Hall–Kier alpha value is -1.72. The first-order chi connectivity index (χ1) is 9.16. The van der Waals surface area contributed by atoms with Crippen LogP contribution < -0.4 is 5.76 Å². The van der Waals surface area contributed by atoms with E-state index in [0.29, 0.717) is 15.9 Å². The average Bonchev–Trinajstić information content (AvgIpc) is 2.41. The first kappa shape index (κ1) is 12.3. The molecule has 0 N–H and O–H groups in total. The Morgan fingerprint density at radius 3 is 2.58 bits per heavy atom. The lowest BCUT2D eigenvalue weighted by Crippen LogP contribution is -2.17. The van der Waals surface area contributed by atoms with Crippen LogP contribution in [0.1, 0.15) is 0 Å². The lowest BCUT2D eigenvalue weighted by atomic mass is 10.2. The second-order valence-electron chi connectivity index (χ2n) is 3.98. The number of nitrogens with zero attached hydrogens (tertiary/aromatic N) is 1. The van der Waals surface area contributed by atoms with E-state index < -0.39 is 5.76 Å². The maximum Gasteiger partial charge on any atom is 0.425 e. The highest BCUT2D eigenvalue weighted by Gasteiger charge is 2.08. The fourth-order valence-corrected chi connectivity index (χ4v) is 2.60. The van der Waals surface area contributed by atoms with Gasteiger partial charge in [0.1, 0.15) is 10.2 Å².